The van der Waals surface area contributed by atoms with Crippen molar-refractivity contribution in [3.8, 4) is 0 Å². The number of hydrogen-bond acceptors (Lipinski definition) is 5. The monoisotopic (exact) mass is 283 g/mol. The number of amides is 1. The van der Waals surface area contributed by atoms with E-state index in [0.29, 0.717) is 29.8 Å². The minimum absolute atomic E-state index is 0.359. The van der Waals surface area contributed by atoms with Gasteiger partial charge < -0.3 is 10.4 Å². The number of hydrogen-bond donors (Lipinski definition) is 2. The molecule has 7 heteroatoms. The smallest absolute Gasteiger partial charge is 0.329 e. The Balaban J connectivity index is 2.15. The van der Waals surface area contributed by atoms with Crippen molar-refractivity contribution in [3.05, 3.63) is 10.6 Å². The molecule has 1 saturated carbocycles. The summed E-state index contributed by atoms with van der Waals surface area (Å²) in [6.45, 7) is 2.00. The lowest BCUT2D eigenvalue weighted by Gasteiger charge is -2.24. The van der Waals surface area contributed by atoms with Crippen LogP contribution in [0.4, 0.5) is 0 Å². The maximum Gasteiger partial charge on any atom is 0.329 e. The largest absolute Gasteiger partial charge is 0.480 e. The standard InChI is InChI=1S/C12H17N3O3S/c1-2-5-8-9(19-15-14-8)10(16)13-12(11(17)18)6-3-4-7-12/h2-7H2,1H3,(H,13,16)(H,17,18). The van der Waals surface area contributed by atoms with Crippen molar-refractivity contribution in [2.45, 2.75) is 51.0 Å². The maximum absolute atomic E-state index is 12.2. The fourth-order valence-electron chi connectivity index (χ4n) is 2.43. The SMILES string of the molecule is CCCc1nnsc1C(=O)NC1(C(=O)O)CCCC1. The Morgan fingerprint density at radius 1 is 1.42 bits per heavy atom. The van der Waals surface area contributed by atoms with Crippen molar-refractivity contribution >= 4 is 23.4 Å². The van der Waals surface area contributed by atoms with Crippen LogP contribution in [-0.4, -0.2) is 32.1 Å². The van der Waals surface area contributed by atoms with E-state index in [2.05, 4.69) is 14.9 Å². The number of carbonyl (C=O) groups excluding carboxylic acids is 1. The van der Waals surface area contributed by atoms with Crippen LogP contribution in [0, 0.1) is 0 Å². The third kappa shape index (κ3) is 2.75. The Morgan fingerprint density at radius 2 is 2.11 bits per heavy atom. The van der Waals surface area contributed by atoms with E-state index in [1.165, 1.54) is 0 Å². The zero-order valence-electron chi connectivity index (χ0n) is 10.8. The Hall–Kier alpha value is -1.50. The van der Waals surface area contributed by atoms with E-state index in [0.717, 1.165) is 30.8 Å². The second-order valence-corrected chi connectivity index (χ2v) is 5.60. The number of aliphatic carboxylic acids is 1. The molecule has 1 fully saturated rings. The number of aryl methyl sites for hydroxylation is 1. The second-order valence-electron chi connectivity index (χ2n) is 4.85. The summed E-state index contributed by atoms with van der Waals surface area (Å²) in [7, 11) is 0. The van der Waals surface area contributed by atoms with E-state index in [1.807, 2.05) is 6.92 Å². The van der Waals surface area contributed by atoms with Gasteiger partial charge in [-0.15, -0.1) is 5.10 Å². The van der Waals surface area contributed by atoms with E-state index in [1.54, 1.807) is 0 Å². The van der Waals surface area contributed by atoms with E-state index in [-0.39, 0.29) is 5.91 Å². The molecule has 0 bridgehead atoms. The van der Waals surface area contributed by atoms with Crippen LogP contribution in [0.5, 0.6) is 0 Å². The highest BCUT2D eigenvalue weighted by Gasteiger charge is 2.43. The summed E-state index contributed by atoms with van der Waals surface area (Å²) in [5.74, 6) is -1.31. The molecule has 0 atom stereocenters. The molecular formula is C12H17N3O3S. The van der Waals surface area contributed by atoms with Gasteiger partial charge in [0.15, 0.2) is 0 Å². The molecule has 1 heterocycles. The van der Waals surface area contributed by atoms with Gasteiger partial charge in [-0.1, -0.05) is 30.7 Å². The van der Waals surface area contributed by atoms with Crippen LogP contribution >= 0.6 is 11.5 Å². The molecular weight excluding hydrogens is 266 g/mol. The summed E-state index contributed by atoms with van der Waals surface area (Å²) in [6, 6.07) is 0. The van der Waals surface area contributed by atoms with Gasteiger partial charge >= 0.3 is 5.97 Å². The van der Waals surface area contributed by atoms with Gasteiger partial charge in [0.1, 0.15) is 10.4 Å². The van der Waals surface area contributed by atoms with Crippen molar-refractivity contribution in [1.82, 2.24) is 14.9 Å². The zero-order chi connectivity index (χ0) is 13.9. The van der Waals surface area contributed by atoms with Gasteiger partial charge in [-0.25, -0.2) is 4.79 Å². The van der Waals surface area contributed by atoms with Crippen molar-refractivity contribution in [3.63, 3.8) is 0 Å². The topological polar surface area (TPSA) is 92.2 Å². The fourth-order valence-corrected chi connectivity index (χ4v) is 3.03. The lowest BCUT2D eigenvalue weighted by Crippen LogP contribution is -2.52. The summed E-state index contributed by atoms with van der Waals surface area (Å²) in [5.41, 5.74) is -0.451. The van der Waals surface area contributed by atoms with Crippen molar-refractivity contribution in [2.24, 2.45) is 0 Å². The predicted octanol–water partition coefficient (Wildman–Crippen LogP) is 1.62. The van der Waals surface area contributed by atoms with Crippen molar-refractivity contribution < 1.29 is 14.7 Å². The first kappa shape index (κ1) is 13.9. The molecule has 1 aromatic heterocycles. The summed E-state index contributed by atoms with van der Waals surface area (Å²) >= 11 is 1.03. The highest BCUT2D eigenvalue weighted by atomic mass is 32.1. The Kier molecular flexibility index (Phi) is 4.14. The minimum atomic E-state index is -1.11. The number of carboxylic acids is 1. The third-order valence-electron chi connectivity index (χ3n) is 3.47. The zero-order valence-corrected chi connectivity index (χ0v) is 11.6. The van der Waals surface area contributed by atoms with E-state index in [4.69, 9.17) is 0 Å². The second kappa shape index (κ2) is 5.64. The number of carboxylic acid groups (broad SMARTS) is 1. The van der Waals surface area contributed by atoms with Crippen LogP contribution in [0.3, 0.4) is 0 Å². The third-order valence-corrected chi connectivity index (χ3v) is 4.23. The molecule has 19 heavy (non-hydrogen) atoms. The van der Waals surface area contributed by atoms with Crippen molar-refractivity contribution in [1.29, 1.82) is 0 Å². The van der Waals surface area contributed by atoms with Crippen molar-refractivity contribution in [2.75, 3.05) is 0 Å². The Bertz CT molecular complexity index is 480. The number of aromatic nitrogens is 2. The van der Waals surface area contributed by atoms with Gasteiger partial charge in [-0.3, -0.25) is 4.79 Å². The molecule has 6 nitrogen and oxygen atoms in total. The number of nitrogens with zero attached hydrogens (tertiary/aromatic N) is 2. The molecule has 0 saturated heterocycles. The molecule has 0 spiro atoms. The van der Waals surface area contributed by atoms with Crippen LogP contribution in [-0.2, 0) is 11.2 Å². The van der Waals surface area contributed by atoms with E-state index < -0.39 is 11.5 Å². The maximum atomic E-state index is 12.2. The summed E-state index contributed by atoms with van der Waals surface area (Å²) in [4.78, 5) is 24.1. The van der Waals surface area contributed by atoms with Crippen LogP contribution in [0.1, 0.15) is 54.4 Å². The van der Waals surface area contributed by atoms with Gasteiger partial charge in [0.05, 0.1) is 5.69 Å². The average molecular weight is 283 g/mol. The summed E-state index contributed by atoms with van der Waals surface area (Å²) < 4.78 is 3.79. The molecule has 1 aliphatic carbocycles. The van der Waals surface area contributed by atoms with Crippen LogP contribution in [0.2, 0.25) is 0 Å². The number of carbonyl (C=O) groups is 2. The lowest BCUT2D eigenvalue weighted by molar-refractivity contribution is -0.144. The molecule has 1 aromatic rings. The summed E-state index contributed by atoms with van der Waals surface area (Å²) in [6.07, 6.45) is 4.19. The van der Waals surface area contributed by atoms with Crippen LogP contribution in [0.25, 0.3) is 0 Å². The molecule has 0 unspecified atom stereocenters. The van der Waals surface area contributed by atoms with Gasteiger partial charge in [0.25, 0.3) is 5.91 Å². The van der Waals surface area contributed by atoms with Gasteiger partial charge in [-0.2, -0.15) is 0 Å². The number of nitrogens with one attached hydrogen (secondary N) is 1. The highest BCUT2D eigenvalue weighted by molar-refractivity contribution is 7.08. The molecule has 1 amide bonds. The van der Waals surface area contributed by atoms with E-state index >= 15 is 0 Å². The normalized spacial score (nSPS) is 17.3. The van der Waals surface area contributed by atoms with Gasteiger partial charge in [0.2, 0.25) is 0 Å². The Labute approximate surface area is 115 Å². The molecule has 2 rings (SSSR count). The summed E-state index contributed by atoms with van der Waals surface area (Å²) in [5, 5.41) is 16.0. The highest BCUT2D eigenvalue weighted by Crippen LogP contribution is 2.30. The van der Waals surface area contributed by atoms with E-state index in [9.17, 15) is 14.7 Å². The predicted molar refractivity (Wildman–Crippen MR) is 70.2 cm³/mol. The first-order valence-corrected chi connectivity index (χ1v) is 7.23. The minimum Gasteiger partial charge on any atom is -0.480 e. The molecule has 0 radical (unpaired) electrons. The fraction of sp³-hybridized carbons (Fsp3) is 0.667. The van der Waals surface area contributed by atoms with Crippen LogP contribution < -0.4 is 5.32 Å². The molecule has 104 valence electrons. The van der Waals surface area contributed by atoms with Gasteiger partial charge in [-0.05, 0) is 30.8 Å². The first-order valence-electron chi connectivity index (χ1n) is 6.46. The number of rotatable bonds is 5. The lowest BCUT2D eigenvalue weighted by atomic mass is 9.97. The molecule has 1 aliphatic rings. The molecule has 0 aliphatic heterocycles. The Morgan fingerprint density at radius 3 is 2.68 bits per heavy atom. The van der Waals surface area contributed by atoms with Crippen LogP contribution in [0.15, 0.2) is 0 Å². The molecule has 2 N–H and O–H groups in total. The van der Waals surface area contributed by atoms with Gasteiger partial charge in [0, 0.05) is 0 Å². The quantitative estimate of drug-likeness (QED) is 0.856. The average Bonchev–Trinajstić information content (AvgIpc) is 2.99. The first-order chi connectivity index (χ1) is 9.09. The molecule has 0 aromatic carbocycles.